The molecule has 1 amide bonds. The number of carbonyl (C=O) groups excluding carboxylic acids is 1. The molecule has 2 heterocycles. The van der Waals surface area contributed by atoms with Crippen molar-refractivity contribution >= 4 is 16.9 Å². The van der Waals surface area contributed by atoms with Crippen molar-refractivity contribution in [1.29, 1.82) is 0 Å². The predicted octanol–water partition coefficient (Wildman–Crippen LogP) is 3.80. The summed E-state index contributed by atoms with van der Waals surface area (Å²) in [4.78, 5) is 18.1. The van der Waals surface area contributed by atoms with Gasteiger partial charge in [-0.25, -0.2) is 9.67 Å². The summed E-state index contributed by atoms with van der Waals surface area (Å²) >= 11 is 0. The fraction of sp³-hybridized carbons (Fsp3) is 0.435. The highest BCUT2D eigenvalue weighted by molar-refractivity contribution is 6.06. The summed E-state index contributed by atoms with van der Waals surface area (Å²) in [5.41, 5.74) is 10.3. The molecule has 3 aromatic rings. The number of carbonyl (C=O) groups is 1. The molecule has 2 aromatic heterocycles. The third kappa shape index (κ3) is 3.90. The molecule has 6 nitrogen and oxygen atoms in total. The second kappa shape index (κ2) is 7.26. The number of hydrogen-bond acceptors (Lipinski definition) is 4. The molecule has 1 aliphatic rings. The van der Waals surface area contributed by atoms with Crippen LogP contribution < -0.4 is 11.1 Å². The Balaban J connectivity index is 1.68. The van der Waals surface area contributed by atoms with E-state index in [0.29, 0.717) is 18.0 Å². The average molecular weight is 392 g/mol. The van der Waals surface area contributed by atoms with Crippen molar-refractivity contribution in [3.63, 3.8) is 0 Å². The molecule has 1 fully saturated rings. The van der Waals surface area contributed by atoms with Crippen LogP contribution in [-0.2, 0) is 5.54 Å². The fourth-order valence-corrected chi connectivity index (χ4v) is 3.66. The van der Waals surface area contributed by atoms with Crippen molar-refractivity contribution in [2.24, 2.45) is 5.73 Å². The Hall–Kier alpha value is -2.73. The maximum Gasteiger partial charge on any atom is 0.252 e. The van der Waals surface area contributed by atoms with Gasteiger partial charge in [-0.3, -0.25) is 4.79 Å². The smallest absolute Gasteiger partial charge is 0.252 e. The van der Waals surface area contributed by atoms with Crippen LogP contribution in [-0.4, -0.2) is 27.2 Å². The van der Waals surface area contributed by atoms with Crippen molar-refractivity contribution in [2.45, 2.75) is 58.0 Å². The number of fused-ring (bicyclic) bond motifs is 1. The van der Waals surface area contributed by atoms with E-state index in [9.17, 15) is 4.79 Å². The first kappa shape index (κ1) is 19.6. The standard InChI is InChI=1S/C23H29N5O/c1-14-20-17(22(29)25-13-18(24)15-8-6-5-7-9-15)12-19(16-10-11-16)26-21(20)28(27-14)23(2,3)4/h5-9,12,16,18H,10-11,13,24H2,1-4H3,(H,25,29). The Kier molecular flexibility index (Phi) is 4.90. The van der Waals surface area contributed by atoms with Crippen molar-refractivity contribution in [1.82, 2.24) is 20.1 Å². The van der Waals surface area contributed by atoms with Crippen LogP contribution in [0.25, 0.3) is 11.0 Å². The number of rotatable bonds is 5. The molecule has 6 heteroatoms. The maximum atomic E-state index is 13.2. The van der Waals surface area contributed by atoms with E-state index in [4.69, 9.17) is 15.8 Å². The Morgan fingerprint density at radius 1 is 1.28 bits per heavy atom. The topological polar surface area (TPSA) is 85.8 Å². The van der Waals surface area contributed by atoms with E-state index in [1.54, 1.807) is 0 Å². The SMILES string of the molecule is Cc1nn(C(C)(C)C)c2nc(C3CC3)cc(C(=O)NCC(N)c3ccccc3)c12. The van der Waals surface area contributed by atoms with E-state index < -0.39 is 0 Å². The molecule has 1 aromatic carbocycles. The lowest BCUT2D eigenvalue weighted by Crippen LogP contribution is -2.32. The Morgan fingerprint density at radius 2 is 1.97 bits per heavy atom. The van der Waals surface area contributed by atoms with Crippen LogP contribution in [0.5, 0.6) is 0 Å². The Bertz CT molecular complexity index is 1040. The monoisotopic (exact) mass is 391 g/mol. The quantitative estimate of drug-likeness (QED) is 0.693. The van der Waals surface area contributed by atoms with E-state index in [-0.39, 0.29) is 17.5 Å². The predicted molar refractivity (Wildman–Crippen MR) is 115 cm³/mol. The summed E-state index contributed by atoms with van der Waals surface area (Å²) in [6.07, 6.45) is 2.25. The molecule has 3 N–H and O–H groups in total. The first-order valence-electron chi connectivity index (χ1n) is 10.2. The van der Waals surface area contributed by atoms with Gasteiger partial charge in [0.05, 0.1) is 22.2 Å². The van der Waals surface area contributed by atoms with Gasteiger partial charge >= 0.3 is 0 Å². The highest BCUT2D eigenvalue weighted by Gasteiger charge is 2.30. The van der Waals surface area contributed by atoms with E-state index in [2.05, 4.69) is 26.1 Å². The van der Waals surface area contributed by atoms with Crippen LogP contribution in [0.3, 0.4) is 0 Å². The van der Waals surface area contributed by atoms with Crippen LogP contribution in [0.2, 0.25) is 0 Å². The van der Waals surface area contributed by atoms with Gasteiger partial charge in [-0.15, -0.1) is 0 Å². The summed E-state index contributed by atoms with van der Waals surface area (Å²) in [5.74, 6) is 0.323. The molecule has 1 aliphatic carbocycles. The zero-order valence-corrected chi connectivity index (χ0v) is 17.6. The number of nitrogens with one attached hydrogen (secondary N) is 1. The number of aryl methyl sites for hydroxylation is 1. The molecule has 1 saturated carbocycles. The zero-order valence-electron chi connectivity index (χ0n) is 17.6. The number of benzene rings is 1. The fourth-order valence-electron chi connectivity index (χ4n) is 3.66. The number of nitrogens with zero attached hydrogens (tertiary/aromatic N) is 3. The minimum Gasteiger partial charge on any atom is -0.350 e. The molecule has 1 atom stereocenters. The third-order valence-electron chi connectivity index (χ3n) is 5.42. The Labute approximate surface area is 171 Å². The van der Waals surface area contributed by atoms with Crippen molar-refractivity contribution in [3.8, 4) is 0 Å². The number of aromatic nitrogens is 3. The van der Waals surface area contributed by atoms with Gasteiger partial charge in [-0.2, -0.15) is 5.10 Å². The summed E-state index contributed by atoms with van der Waals surface area (Å²) in [7, 11) is 0. The van der Waals surface area contributed by atoms with Gasteiger partial charge in [-0.1, -0.05) is 30.3 Å². The lowest BCUT2D eigenvalue weighted by molar-refractivity contribution is 0.0952. The van der Waals surface area contributed by atoms with Gasteiger partial charge in [0.2, 0.25) is 0 Å². The maximum absolute atomic E-state index is 13.2. The normalized spacial score (nSPS) is 15.5. The first-order valence-corrected chi connectivity index (χ1v) is 10.2. The molecular formula is C23H29N5O. The second-order valence-corrected chi connectivity index (χ2v) is 8.96. The molecule has 4 rings (SSSR count). The largest absolute Gasteiger partial charge is 0.350 e. The number of amides is 1. The van der Waals surface area contributed by atoms with Crippen molar-refractivity contribution in [3.05, 3.63) is 58.9 Å². The average Bonchev–Trinajstić information content (AvgIpc) is 3.49. The van der Waals surface area contributed by atoms with Gasteiger partial charge in [-0.05, 0) is 52.2 Å². The van der Waals surface area contributed by atoms with Gasteiger partial charge in [0.1, 0.15) is 0 Å². The lowest BCUT2D eigenvalue weighted by atomic mass is 10.1. The van der Waals surface area contributed by atoms with Gasteiger partial charge < -0.3 is 11.1 Å². The van der Waals surface area contributed by atoms with Crippen LogP contribution in [0.1, 0.15) is 72.9 Å². The number of pyridine rings is 1. The minimum absolute atomic E-state index is 0.123. The number of hydrogen-bond donors (Lipinski definition) is 2. The van der Waals surface area contributed by atoms with E-state index in [0.717, 1.165) is 40.8 Å². The Morgan fingerprint density at radius 3 is 2.59 bits per heavy atom. The first-order chi connectivity index (χ1) is 13.8. The van der Waals surface area contributed by atoms with Gasteiger partial charge in [0.15, 0.2) is 5.65 Å². The molecule has 0 radical (unpaired) electrons. The van der Waals surface area contributed by atoms with Gasteiger partial charge in [0, 0.05) is 24.2 Å². The minimum atomic E-state index is -0.251. The highest BCUT2D eigenvalue weighted by Crippen LogP contribution is 2.41. The zero-order chi connectivity index (χ0) is 20.8. The lowest BCUT2D eigenvalue weighted by Gasteiger charge is -2.20. The van der Waals surface area contributed by atoms with Crippen molar-refractivity contribution < 1.29 is 4.79 Å². The van der Waals surface area contributed by atoms with Crippen LogP contribution >= 0.6 is 0 Å². The molecule has 0 saturated heterocycles. The molecular weight excluding hydrogens is 362 g/mol. The van der Waals surface area contributed by atoms with Crippen LogP contribution in [0.4, 0.5) is 0 Å². The van der Waals surface area contributed by atoms with E-state index >= 15 is 0 Å². The van der Waals surface area contributed by atoms with E-state index in [1.165, 1.54) is 0 Å². The molecule has 152 valence electrons. The van der Waals surface area contributed by atoms with Crippen LogP contribution in [0.15, 0.2) is 36.4 Å². The van der Waals surface area contributed by atoms with Crippen molar-refractivity contribution in [2.75, 3.05) is 6.54 Å². The molecule has 29 heavy (non-hydrogen) atoms. The summed E-state index contributed by atoms with van der Waals surface area (Å²) in [6.45, 7) is 8.61. The molecule has 0 spiro atoms. The van der Waals surface area contributed by atoms with E-state index in [1.807, 2.05) is 48.0 Å². The second-order valence-electron chi connectivity index (χ2n) is 8.96. The summed E-state index contributed by atoms with van der Waals surface area (Å²) < 4.78 is 1.94. The molecule has 1 unspecified atom stereocenters. The highest BCUT2D eigenvalue weighted by atomic mass is 16.1. The molecule has 0 aliphatic heterocycles. The summed E-state index contributed by atoms with van der Waals surface area (Å²) in [5, 5.41) is 8.57. The van der Waals surface area contributed by atoms with Gasteiger partial charge in [0.25, 0.3) is 5.91 Å². The van der Waals surface area contributed by atoms with Crippen LogP contribution in [0, 0.1) is 6.92 Å². The molecule has 0 bridgehead atoms. The third-order valence-corrected chi connectivity index (χ3v) is 5.42. The summed E-state index contributed by atoms with van der Waals surface area (Å²) in [6, 6.07) is 11.5. The number of nitrogens with two attached hydrogens (primary N) is 1.